The fraction of sp³-hybridized carbons (Fsp3) is 0.769. The van der Waals surface area contributed by atoms with Crippen molar-refractivity contribution in [3.05, 3.63) is 36.5 Å². The van der Waals surface area contributed by atoms with Crippen LogP contribution in [0.5, 0.6) is 0 Å². The second-order valence-electron chi connectivity index (χ2n) is 12.5. The summed E-state index contributed by atoms with van der Waals surface area (Å²) < 4.78 is 5.85. The van der Waals surface area contributed by atoms with Gasteiger partial charge in [-0.3, -0.25) is 14.4 Å². The van der Waals surface area contributed by atoms with E-state index in [2.05, 4.69) is 55.6 Å². The zero-order valence-corrected chi connectivity index (χ0v) is 29.2. The van der Waals surface area contributed by atoms with Crippen LogP contribution in [0, 0.1) is 0 Å². The highest BCUT2D eigenvalue weighted by Gasteiger charge is 2.12. The number of hydrogen-bond acceptors (Lipinski definition) is 4. The first-order chi connectivity index (χ1) is 22.0. The van der Waals surface area contributed by atoms with Crippen LogP contribution < -0.4 is 5.32 Å². The van der Waals surface area contributed by atoms with Gasteiger partial charge in [-0.15, -0.1) is 0 Å². The summed E-state index contributed by atoms with van der Waals surface area (Å²) in [7, 11) is 0. The second-order valence-corrected chi connectivity index (χ2v) is 12.5. The normalized spacial score (nSPS) is 12.4. The Bertz CT molecular complexity index is 788. The van der Waals surface area contributed by atoms with Crippen LogP contribution >= 0.6 is 0 Å². The summed E-state index contributed by atoms with van der Waals surface area (Å²) in [6, 6.07) is 0. The zero-order chi connectivity index (χ0) is 33.1. The number of carbonyl (C=O) groups is 3. The van der Waals surface area contributed by atoms with Gasteiger partial charge in [-0.25, -0.2) is 0 Å². The molecule has 0 aliphatic carbocycles. The first kappa shape index (κ1) is 42.6. The summed E-state index contributed by atoms with van der Waals surface area (Å²) in [4.78, 5) is 34.7. The van der Waals surface area contributed by atoms with Gasteiger partial charge in [0.1, 0.15) is 12.6 Å². The molecule has 1 unspecified atom stereocenters. The van der Waals surface area contributed by atoms with Gasteiger partial charge in [0.05, 0.1) is 0 Å². The number of carboxylic acid groups (broad SMARTS) is 1. The Labute approximate surface area is 276 Å². The first-order valence-corrected chi connectivity index (χ1v) is 18.6. The summed E-state index contributed by atoms with van der Waals surface area (Å²) in [5, 5.41) is 11.0. The number of amides is 1. The molecule has 0 aliphatic rings. The van der Waals surface area contributed by atoms with Crippen molar-refractivity contribution in [3.8, 4) is 0 Å². The largest absolute Gasteiger partial charge is 0.480 e. The minimum absolute atomic E-state index is 0.0936. The van der Waals surface area contributed by atoms with Crippen molar-refractivity contribution in [2.75, 3.05) is 6.54 Å². The van der Waals surface area contributed by atoms with E-state index >= 15 is 0 Å². The fourth-order valence-electron chi connectivity index (χ4n) is 5.22. The maximum atomic E-state index is 12.6. The van der Waals surface area contributed by atoms with Gasteiger partial charge in [-0.1, -0.05) is 128 Å². The standard InChI is InChI=1S/C39H69NO5/c1-3-5-7-9-11-12-13-14-15-16-17-18-19-20-21-22-24-30-34-39(44)45-36(31-27-23-10-8-6-4-2)32-28-25-26-29-33-37(41)40-35-38(42)43/h12-13,15-16,27,31,36H,3-11,14,17-26,28-30,32-35H2,1-2H3,(H,40,41)(H,42,43)/b13-12-,16-15-,31-27-. The lowest BCUT2D eigenvalue weighted by atomic mass is 10.1. The summed E-state index contributed by atoms with van der Waals surface area (Å²) in [6.07, 6.45) is 41.4. The molecule has 0 aliphatic heterocycles. The van der Waals surface area contributed by atoms with Crippen molar-refractivity contribution in [3.63, 3.8) is 0 Å². The third kappa shape index (κ3) is 34.3. The zero-order valence-electron chi connectivity index (χ0n) is 29.2. The number of hydrogen-bond donors (Lipinski definition) is 2. The first-order valence-electron chi connectivity index (χ1n) is 18.6. The van der Waals surface area contributed by atoms with Gasteiger partial charge in [0.15, 0.2) is 0 Å². The number of ether oxygens (including phenoxy) is 1. The molecule has 0 rings (SSSR count). The number of rotatable bonds is 33. The number of allylic oxidation sites excluding steroid dienone is 5. The molecule has 0 aromatic carbocycles. The highest BCUT2D eigenvalue weighted by Crippen LogP contribution is 2.15. The van der Waals surface area contributed by atoms with E-state index in [-0.39, 0.29) is 24.5 Å². The van der Waals surface area contributed by atoms with E-state index in [1.54, 1.807) is 0 Å². The smallest absolute Gasteiger partial charge is 0.322 e. The Kier molecular flexibility index (Phi) is 32.7. The van der Waals surface area contributed by atoms with Crippen LogP contribution in [0.3, 0.4) is 0 Å². The molecule has 0 fully saturated rings. The highest BCUT2D eigenvalue weighted by molar-refractivity contribution is 5.80. The topological polar surface area (TPSA) is 92.7 Å². The van der Waals surface area contributed by atoms with E-state index < -0.39 is 5.97 Å². The number of aliphatic carboxylic acids is 1. The molecule has 1 atom stereocenters. The van der Waals surface area contributed by atoms with Crippen LogP contribution in [0.4, 0.5) is 0 Å². The lowest BCUT2D eigenvalue weighted by Crippen LogP contribution is -2.28. The second kappa shape index (κ2) is 34.5. The minimum atomic E-state index is -1.03. The van der Waals surface area contributed by atoms with Crippen LogP contribution in [-0.2, 0) is 19.1 Å². The molecule has 0 heterocycles. The lowest BCUT2D eigenvalue weighted by Gasteiger charge is -2.15. The number of carboxylic acids is 1. The number of unbranched alkanes of at least 4 members (excludes halogenated alkanes) is 18. The molecule has 6 nitrogen and oxygen atoms in total. The number of nitrogens with one attached hydrogen (secondary N) is 1. The maximum Gasteiger partial charge on any atom is 0.322 e. The monoisotopic (exact) mass is 632 g/mol. The Hall–Kier alpha value is -2.37. The van der Waals surface area contributed by atoms with Crippen molar-refractivity contribution < 1.29 is 24.2 Å². The number of carbonyl (C=O) groups excluding carboxylic acids is 2. The van der Waals surface area contributed by atoms with Gasteiger partial charge < -0.3 is 15.2 Å². The third-order valence-electron chi connectivity index (χ3n) is 8.02. The van der Waals surface area contributed by atoms with Gasteiger partial charge >= 0.3 is 11.9 Å². The van der Waals surface area contributed by atoms with Gasteiger partial charge in [0.2, 0.25) is 5.91 Å². The molecule has 0 radical (unpaired) electrons. The molecule has 6 heteroatoms. The van der Waals surface area contributed by atoms with E-state index in [0.717, 1.165) is 57.8 Å². The summed E-state index contributed by atoms with van der Waals surface area (Å²) in [5.74, 6) is -1.34. The van der Waals surface area contributed by atoms with Crippen LogP contribution in [0.1, 0.15) is 181 Å². The van der Waals surface area contributed by atoms with Crippen molar-refractivity contribution in [1.82, 2.24) is 5.32 Å². The summed E-state index contributed by atoms with van der Waals surface area (Å²) >= 11 is 0. The Balaban J connectivity index is 4.02. The SMILES string of the molecule is CCCCCC/C=C\C/C=C\CCCCCCCCCC(=O)OC(/C=C\CCCCCC)CCCCCCC(=O)NCC(=O)O. The summed E-state index contributed by atoms with van der Waals surface area (Å²) in [6.45, 7) is 4.14. The van der Waals surface area contributed by atoms with Gasteiger partial charge in [0.25, 0.3) is 0 Å². The molecule has 0 saturated carbocycles. The molecular formula is C39H69NO5. The van der Waals surface area contributed by atoms with Crippen molar-refractivity contribution in [2.45, 2.75) is 187 Å². The van der Waals surface area contributed by atoms with Crippen molar-refractivity contribution in [2.24, 2.45) is 0 Å². The molecule has 1 amide bonds. The van der Waals surface area contributed by atoms with E-state index in [1.165, 1.54) is 96.3 Å². The van der Waals surface area contributed by atoms with E-state index in [0.29, 0.717) is 12.8 Å². The fourth-order valence-corrected chi connectivity index (χ4v) is 5.22. The van der Waals surface area contributed by atoms with Gasteiger partial charge in [0, 0.05) is 12.8 Å². The average Bonchev–Trinajstić information content (AvgIpc) is 3.02. The van der Waals surface area contributed by atoms with Crippen molar-refractivity contribution >= 4 is 17.8 Å². The lowest BCUT2D eigenvalue weighted by molar-refractivity contribution is -0.147. The number of esters is 1. The van der Waals surface area contributed by atoms with E-state index in [9.17, 15) is 14.4 Å². The average molecular weight is 632 g/mol. The molecule has 0 saturated heterocycles. The molecular weight excluding hydrogens is 562 g/mol. The molecule has 0 bridgehead atoms. The molecule has 2 N–H and O–H groups in total. The molecule has 45 heavy (non-hydrogen) atoms. The van der Waals surface area contributed by atoms with Gasteiger partial charge in [-0.2, -0.15) is 0 Å². The molecule has 0 spiro atoms. The molecule has 260 valence electrons. The van der Waals surface area contributed by atoms with Crippen LogP contribution in [0.2, 0.25) is 0 Å². The van der Waals surface area contributed by atoms with E-state index in [4.69, 9.17) is 9.84 Å². The Morgan fingerprint density at radius 1 is 0.600 bits per heavy atom. The van der Waals surface area contributed by atoms with Crippen LogP contribution in [0.25, 0.3) is 0 Å². The Morgan fingerprint density at radius 3 is 1.67 bits per heavy atom. The molecule has 0 aromatic heterocycles. The predicted molar refractivity (Wildman–Crippen MR) is 189 cm³/mol. The van der Waals surface area contributed by atoms with E-state index in [1.807, 2.05) is 0 Å². The van der Waals surface area contributed by atoms with Crippen LogP contribution in [-0.4, -0.2) is 35.6 Å². The van der Waals surface area contributed by atoms with Gasteiger partial charge in [-0.05, 0) is 76.7 Å². The predicted octanol–water partition coefficient (Wildman–Crippen LogP) is 10.9. The van der Waals surface area contributed by atoms with Crippen LogP contribution in [0.15, 0.2) is 36.5 Å². The quantitative estimate of drug-likeness (QED) is 0.0427. The summed E-state index contributed by atoms with van der Waals surface area (Å²) in [5.41, 5.74) is 0. The Morgan fingerprint density at radius 2 is 1.09 bits per heavy atom. The van der Waals surface area contributed by atoms with Crippen molar-refractivity contribution in [1.29, 1.82) is 0 Å². The highest BCUT2D eigenvalue weighted by atomic mass is 16.5. The third-order valence-corrected chi connectivity index (χ3v) is 8.02. The maximum absolute atomic E-state index is 12.6. The minimum Gasteiger partial charge on any atom is -0.480 e. The molecule has 0 aromatic rings.